The lowest BCUT2D eigenvalue weighted by Crippen LogP contribution is -2.67. The van der Waals surface area contributed by atoms with E-state index in [2.05, 4.69) is 88.0 Å². The van der Waals surface area contributed by atoms with E-state index < -0.39 is 35.0 Å². The Morgan fingerprint density at radius 2 is 1.11 bits per heavy atom. The average molecular weight is 772 g/mol. The van der Waals surface area contributed by atoms with Crippen molar-refractivity contribution < 1.29 is 27.8 Å². The van der Waals surface area contributed by atoms with Crippen LogP contribution in [0.2, 0.25) is 5.04 Å². The third kappa shape index (κ3) is 12.1. The number of alkyl carbamates (subject to hydrolysis) is 1. The Labute approximate surface area is 324 Å². The zero-order valence-electron chi connectivity index (χ0n) is 33.0. The number of hydrogen-bond donors (Lipinski definition) is 2. The number of nitrogens with zero attached hydrogens (tertiary/aromatic N) is 1. The van der Waals surface area contributed by atoms with Gasteiger partial charge in [0.15, 0.2) is 0 Å². The number of amides is 2. The van der Waals surface area contributed by atoms with E-state index in [-0.39, 0.29) is 42.8 Å². The summed E-state index contributed by atoms with van der Waals surface area (Å²) in [5.74, 6) is -0.384. The zero-order valence-corrected chi connectivity index (χ0v) is 34.9. The van der Waals surface area contributed by atoms with Crippen molar-refractivity contribution in [1.82, 2.24) is 15.3 Å². The number of benzene rings is 4. The maximum absolute atomic E-state index is 13.8. The van der Waals surface area contributed by atoms with Crippen LogP contribution in [0, 0.1) is 0 Å². The van der Waals surface area contributed by atoms with Crippen molar-refractivity contribution >= 4 is 39.2 Å². The number of rotatable bonds is 19. The van der Waals surface area contributed by atoms with Gasteiger partial charge in [-0.25, -0.2) is 9.46 Å². The van der Waals surface area contributed by atoms with Gasteiger partial charge in [0.05, 0.1) is 25.9 Å². The van der Waals surface area contributed by atoms with Crippen LogP contribution in [0.1, 0.15) is 66.5 Å². The van der Waals surface area contributed by atoms with Gasteiger partial charge in [-0.05, 0) is 61.2 Å². The molecule has 2 amide bonds. The number of hydrogen-bond acceptors (Lipinski definition) is 7. The molecule has 0 bridgehead atoms. The number of carbonyl (C=O) groups is 2. The minimum Gasteiger partial charge on any atom is -0.445 e. The predicted molar refractivity (Wildman–Crippen MR) is 221 cm³/mol. The maximum atomic E-state index is 13.8. The normalized spacial score (nSPS) is 13.8. The quantitative estimate of drug-likeness (QED) is 0.0738. The van der Waals surface area contributed by atoms with E-state index in [4.69, 9.17) is 18.2 Å². The average Bonchev–Trinajstić information content (AvgIpc) is 3.15. The largest absolute Gasteiger partial charge is 0.445 e. The lowest BCUT2D eigenvalue weighted by Gasteiger charge is -2.44. The summed E-state index contributed by atoms with van der Waals surface area (Å²) < 4.78 is 28.1. The molecule has 1 unspecified atom stereocenters. The Morgan fingerprint density at radius 1 is 0.648 bits per heavy atom. The van der Waals surface area contributed by atoms with Gasteiger partial charge in [-0.3, -0.25) is 4.79 Å². The van der Waals surface area contributed by atoms with Crippen molar-refractivity contribution in [3.05, 3.63) is 132 Å². The Hall–Kier alpha value is -3.89. The second-order valence-corrected chi connectivity index (χ2v) is 20.7. The SMILES string of the molecule is CC(C)N(C(C)C)P(OCc1ccccc1)OC[C@H](CO[Si](c1ccccc1)(c1ccccc1)C(C)(C)C)NC(=O)[C@@H](C)NC(=O)OCc1ccccc1. The molecule has 54 heavy (non-hydrogen) atoms. The summed E-state index contributed by atoms with van der Waals surface area (Å²) in [4.78, 5) is 26.5. The highest BCUT2D eigenvalue weighted by atomic mass is 31.2. The molecular weight excluding hydrogens is 714 g/mol. The molecule has 0 saturated heterocycles. The maximum Gasteiger partial charge on any atom is 0.408 e. The highest BCUT2D eigenvalue weighted by Gasteiger charge is 2.50. The van der Waals surface area contributed by atoms with E-state index in [1.54, 1.807) is 6.92 Å². The van der Waals surface area contributed by atoms with Crippen molar-refractivity contribution in [2.75, 3.05) is 13.2 Å². The second kappa shape index (κ2) is 20.7. The van der Waals surface area contributed by atoms with Gasteiger partial charge in [-0.1, -0.05) is 142 Å². The Bertz CT molecular complexity index is 1650. The van der Waals surface area contributed by atoms with Gasteiger partial charge in [0, 0.05) is 12.1 Å². The van der Waals surface area contributed by atoms with Crippen LogP contribution in [0.3, 0.4) is 0 Å². The molecule has 11 heteroatoms. The number of ether oxygens (including phenoxy) is 1. The molecule has 290 valence electrons. The molecule has 0 spiro atoms. The fourth-order valence-corrected chi connectivity index (χ4v) is 12.7. The minimum atomic E-state index is -2.97. The molecule has 4 aromatic rings. The molecule has 4 rings (SSSR count). The second-order valence-electron chi connectivity index (χ2n) is 15.0. The van der Waals surface area contributed by atoms with Gasteiger partial charge in [0.2, 0.25) is 5.91 Å². The van der Waals surface area contributed by atoms with Crippen molar-refractivity contribution in [1.29, 1.82) is 0 Å². The molecule has 2 N–H and O–H groups in total. The number of carbonyl (C=O) groups excluding carboxylic acids is 2. The lowest BCUT2D eigenvalue weighted by molar-refractivity contribution is -0.123. The predicted octanol–water partition coefficient (Wildman–Crippen LogP) is 7.94. The van der Waals surface area contributed by atoms with Crippen LogP contribution in [-0.2, 0) is 36.2 Å². The van der Waals surface area contributed by atoms with Gasteiger partial charge in [0.1, 0.15) is 12.6 Å². The molecular formula is C43H58N3O6PSi. The summed E-state index contributed by atoms with van der Waals surface area (Å²) in [6, 6.07) is 39.0. The van der Waals surface area contributed by atoms with Crippen LogP contribution in [-0.4, -0.2) is 62.4 Å². The van der Waals surface area contributed by atoms with Crippen LogP contribution in [0.15, 0.2) is 121 Å². The van der Waals surface area contributed by atoms with Crippen molar-refractivity contribution in [2.45, 2.75) is 97.8 Å². The third-order valence-electron chi connectivity index (χ3n) is 9.02. The lowest BCUT2D eigenvalue weighted by atomic mass is 10.2. The van der Waals surface area contributed by atoms with Crippen LogP contribution < -0.4 is 21.0 Å². The number of nitrogens with one attached hydrogen (secondary N) is 2. The molecule has 4 aromatic carbocycles. The van der Waals surface area contributed by atoms with Gasteiger partial charge in [0.25, 0.3) is 16.8 Å². The van der Waals surface area contributed by atoms with E-state index in [9.17, 15) is 9.59 Å². The van der Waals surface area contributed by atoms with E-state index >= 15 is 0 Å². The fourth-order valence-electron chi connectivity index (χ4n) is 6.45. The molecule has 0 saturated carbocycles. The Morgan fingerprint density at radius 3 is 1.57 bits per heavy atom. The van der Waals surface area contributed by atoms with Crippen molar-refractivity contribution in [3.63, 3.8) is 0 Å². The highest BCUT2D eigenvalue weighted by Crippen LogP contribution is 2.47. The first-order valence-corrected chi connectivity index (χ1v) is 21.8. The van der Waals surface area contributed by atoms with Crippen molar-refractivity contribution in [3.8, 4) is 0 Å². The topological polar surface area (TPSA) is 98.4 Å². The Kier molecular flexibility index (Phi) is 16.4. The molecule has 0 fully saturated rings. The first-order valence-electron chi connectivity index (χ1n) is 18.7. The molecule has 0 aliphatic carbocycles. The summed E-state index contributed by atoms with van der Waals surface area (Å²) in [7, 11) is -4.51. The zero-order chi connectivity index (χ0) is 39.1. The smallest absolute Gasteiger partial charge is 0.408 e. The van der Waals surface area contributed by atoms with E-state index in [1.165, 1.54) is 0 Å². The first kappa shape index (κ1) is 42.8. The van der Waals surface area contributed by atoms with Gasteiger partial charge < -0.3 is 28.8 Å². The van der Waals surface area contributed by atoms with E-state index in [1.807, 2.05) is 97.1 Å². The highest BCUT2D eigenvalue weighted by molar-refractivity contribution is 7.44. The summed E-state index contributed by atoms with van der Waals surface area (Å²) in [5.41, 5.74) is 1.89. The summed E-state index contributed by atoms with van der Waals surface area (Å²) >= 11 is 0. The van der Waals surface area contributed by atoms with Gasteiger partial charge in [-0.2, -0.15) is 0 Å². The molecule has 3 atom stereocenters. The molecule has 0 radical (unpaired) electrons. The summed E-state index contributed by atoms with van der Waals surface area (Å²) in [5, 5.41) is 7.81. The van der Waals surface area contributed by atoms with Crippen LogP contribution in [0.5, 0.6) is 0 Å². The standard InChI is InChI=1S/C43H58N3O6PSi/c1-33(2)46(34(3)4)53(50-30-37-23-15-10-16-24-37)51-31-38(45-41(47)35(5)44-42(48)49-29-36-21-13-9-14-22-36)32-52-54(43(6,7)8,39-25-17-11-18-26-39)40-27-19-12-20-28-40/h9-28,33-35,38H,29-32H2,1-8H3,(H,44,48)(H,45,47)/t35-,38-,53?/m1/s1. The molecule has 0 aromatic heterocycles. The molecule has 9 nitrogen and oxygen atoms in total. The van der Waals surface area contributed by atoms with Crippen LogP contribution >= 0.6 is 8.53 Å². The van der Waals surface area contributed by atoms with E-state index in [0.29, 0.717) is 6.61 Å². The fraction of sp³-hybridized carbons (Fsp3) is 0.395. The summed E-state index contributed by atoms with van der Waals surface area (Å²) in [6.07, 6.45) is -0.680. The van der Waals surface area contributed by atoms with Crippen LogP contribution in [0.4, 0.5) is 4.79 Å². The molecule has 0 aliphatic rings. The van der Waals surface area contributed by atoms with E-state index in [0.717, 1.165) is 21.5 Å². The first-order chi connectivity index (χ1) is 25.8. The minimum absolute atomic E-state index is 0.0958. The monoisotopic (exact) mass is 771 g/mol. The van der Waals surface area contributed by atoms with Crippen molar-refractivity contribution in [2.24, 2.45) is 0 Å². The van der Waals surface area contributed by atoms with Gasteiger partial charge >= 0.3 is 6.09 Å². The summed E-state index contributed by atoms with van der Waals surface area (Å²) in [6.45, 7) is 17.5. The molecule has 0 aliphatic heterocycles. The third-order valence-corrected chi connectivity index (χ3v) is 16.0. The molecule has 0 heterocycles. The van der Waals surface area contributed by atoms with Gasteiger partial charge in [-0.15, -0.1) is 0 Å². The van der Waals surface area contributed by atoms with Crippen LogP contribution in [0.25, 0.3) is 0 Å². The Balaban J connectivity index is 1.61.